The topological polar surface area (TPSA) is 12.0 Å². The van der Waals surface area contributed by atoms with Crippen LogP contribution in [0.1, 0.15) is 58.1 Å². The summed E-state index contributed by atoms with van der Waals surface area (Å²) in [4.78, 5) is 0. The largest absolute Gasteiger partial charge is 0.307 e. The molecule has 0 amide bonds. The van der Waals surface area contributed by atoms with Crippen LogP contribution in [0.2, 0.25) is 0 Å². The fourth-order valence-corrected chi connectivity index (χ4v) is 2.98. The highest BCUT2D eigenvalue weighted by molar-refractivity contribution is 5.19. The van der Waals surface area contributed by atoms with Crippen molar-refractivity contribution in [1.29, 1.82) is 0 Å². The highest BCUT2D eigenvalue weighted by Gasteiger charge is 2.32. The van der Waals surface area contributed by atoms with Crippen LogP contribution < -0.4 is 5.32 Å². The van der Waals surface area contributed by atoms with E-state index >= 15 is 0 Å². The summed E-state index contributed by atoms with van der Waals surface area (Å²) in [5, 5.41) is 3.69. The standard InChI is InChI=1S/C16H24FN/c1-12(13-7-6-8-14(17)11-13)18-15-9-4-5-10-16(15,2)3/h6-8,11-12,15,18H,4-5,9-10H2,1-3H3/t12-,15?/m1/s1. The van der Waals surface area contributed by atoms with Crippen molar-refractivity contribution in [1.82, 2.24) is 5.32 Å². The van der Waals surface area contributed by atoms with E-state index in [1.807, 2.05) is 6.07 Å². The van der Waals surface area contributed by atoms with Gasteiger partial charge < -0.3 is 5.32 Å². The number of halogens is 1. The minimum absolute atomic E-state index is 0.149. The molecule has 1 aliphatic rings. The zero-order valence-corrected chi connectivity index (χ0v) is 11.7. The van der Waals surface area contributed by atoms with Gasteiger partial charge in [0, 0.05) is 12.1 Å². The maximum Gasteiger partial charge on any atom is 0.123 e. The van der Waals surface area contributed by atoms with Gasteiger partial charge in [-0.1, -0.05) is 38.8 Å². The Bertz CT molecular complexity index is 400. The molecule has 1 saturated carbocycles. The maximum absolute atomic E-state index is 13.2. The van der Waals surface area contributed by atoms with Gasteiger partial charge in [0.05, 0.1) is 0 Å². The van der Waals surface area contributed by atoms with Crippen molar-refractivity contribution < 1.29 is 4.39 Å². The van der Waals surface area contributed by atoms with Gasteiger partial charge in [-0.15, -0.1) is 0 Å². The molecule has 1 aliphatic carbocycles. The van der Waals surface area contributed by atoms with Crippen LogP contribution in [-0.2, 0) is 0 Å². The Labute approximate surface area is 110 Å². The summed E-state index contributed by atoms with van der Waals surface area (Å²) < 4.78 is 13.2. The van der Waals surface area contributed by atoms with Gasteiger partial charge in [0.2, 0.25) is 0 Å². The summed E-state index contributed by atoms with van der Waals surface area (Å²) >= 11 is 0. The molecule has 1 aromatic rings. The third-order valence-electron chi connectivity index (χ3n) is 4.31. The number of rotatable bonds is 3. The van der Waals surface area contributed by atoms with Gasteiger partial charge in [0.1, 0.15) is 5.82 Å². The Morgan fingerprint density at radius 1 is 1.33 bits per heavy atom. The molecule has 0 spiro atoms. The van der Waals surface area contributed by atoms with Crippen molar-refractivity contribution in [3.8, 4) is 0 Å². The Morgan fingerprint density at radius 2 is 2.11 bits per heavy atom. The average Bonchev–Trinajstić information content (AvgIpc) is 2.31. The molecule has 1 nitrogen and oxygen atoms in total. The van der Waals surface area contributed by atoms with Crippen LogP contribution in [0, 0.1) is 11.2 Å². The van der Waals surface area contributed by atoms with E-state index in [1.54, 1.807) is 12.1 Å². The van der Waals surface area contributed by atoms with Crippen LogP contribution in [0.15, 0.2) is 24.3 Å². The second-order valence-corrected chi connectivity index (χ2v) is 6.23. The van der Waals surface area contributed by atoms with Crippen molar-refractivity contribution in [2.45, 2.75) is 58.5 Å². The first-order valence-corrected chi connectivity index (χ1v) is 7.00. The molecule has 2 rings (SSSR count). The van der Waals surface area contributed by atoms with E-state index in [0.717, 1.165) is 5.56 Å². The average molecular weight is 249 g/mol. The molecule has 0 bridgehead atoms. The van der Waals surface area contributed by atoms with Gasteiger partial charge in [0.15, 0.2) is 0 Å². The maximum atomic E-state index is 13.2. The number of hydrogen-bond acceptors (Lipinski definition) is 1. The molecule has 1 fully saturated rings. The highest BCUT2D eigenvalue weighted by Crippen LogP contribution is 2.36. The van der Waals surface area contributed by atoms with Crippen LogP contribution in [0.25, 0.3) is 0 Å². The van der Waals surface area contributed by atoms with E-state index in [4.69, 9.17) is 0 Å². The lowest BCUT2D eigenvalue weighted by Gasteiger charge is -2.40. The molecule has 0 heterocycles. The van der Waals surface area contributed by atoms with Crippen molar-refractivity contribution in [2.24, 2.45) is 5.41 Å². The van der Waals surface area contributed by atoms with Gasteiger partial charge in [-0.25, -0.2) is 4.39 Å². The molecule has 0 radical (unpaired) electrons. The molecule has 1 N–H and O–H groups in total. The van der Waals surface area contributed by atoms with Gasteiger partial charge in [-0.2, -0.15) is 0 Å². The monoisotopic (exact) mass is 249 g/mol. The van der Waals surface area contributed by atoms with Gasteiger partial charge in [-0.3, -0.25) is 0 Å². The van der Waals surface area contributed by atoms with E-state index < -0.39 is 0 Å². The summed E-state index contributed by atoms with van der Waals surface area (Å²) in [6, 6.07) is 7.66. The smallest absolute Gasteiger partial charge is 0.123 e. The zero-order valence-electron chi connectivity index (χ0n) is 11.7. The van der Waals surface area contributed by atoms with Crippen LogP contribution in [-0.4, -0.2) is 6.04 Å². The molecular formula is C16H24FN. The van der Waals surface area contributed by atoms with E-state index in [2.05, 4.69) is 26.1 Å². The van der Waals surface area contributed by atoms with Gasteiger partial charge in [0.25, 0.3) is 0 Å². The molecule has 0 aliphatic heterocycles. The zero-order chi connectivity index (χ0) is 13.2. The van der Waals surface area contributed by atoms with Crippen molar-refractivity contribution in [3.63, 3.8) is 0 Å². The quantitative estimate of drug-likeness (QED) is 0.834. The molecule has 18 heavy (non-hydrogen) atoms. The van der Waals surface area contributed by atoms with E-state index in [1.165, 1.54) is 31.7 Å². The minimum atomic E-state index is -0.149. The Balaban J connectivity index is 2.04. The van der Waals surface area contributed by atoms with Gasteiger partial charge >= 0.3 is 0 Å². The first kappa shape index (κ1) is 13.5. The summed E-state index contributed by atoms with van der Waals surface area (Å²) in [5.74, 6) is -0.149. The van der Waals surface area contributed by atoms with Crippen LogP contribution in [0.5, 0.6) is 0 Å². The normalized spacial score (nSPS) is 24.8. The van der Waals surface area contributed by atoms with E-state index in [9.17, 15) is 4.39 Å². The van der Waals surface area contributed by atoms with E-state index in [-0.39, 0.29) is 11.9 Å². The van der Waals surface area contributed by atoms with Gasteiger partial charge in [-0.05, 0) is 42.9 Å². The third-order valence-corrected chi connectivity index (χ3v) is 4.31. The number of benzene rings is 1. The van der Waals surface area contributed by atoms with Crippen LogP contribution >= 0.6 is 0 Å². The Morgan fingerprint density at radius 3 is 2.78 bits per heavy atom. The second kappa shape index (κ2) is 5.40. The van der Waals surface area contributed by atoms with Crippen LogP contribution in [0.3, 0.4) is 0 Å². The third kappa shape index (κ3) is 3.11. The molecule has 2 heteroatoms. The lowest BCUT2D eigenvalue weighted by Crippen LogP contribution is -2.45. The summed E-state index contributed by atoms with van der Waals surface area (Å²) in [6.07, 6.45) is 5.14. The number of nitrogens with one attached hydrogen (secondary N) is 1. The van der Waals surface area contributed by atoms with Crippen molar-refractivity contribution in [3.05, 3.63) is 35.6 Å². The van der Waals surface area contributed by atoms with Crippen molar-refractivity contribution >= 4 is 0 Å². The molecule has 2 atom stereocenters. The molecule has 0 saturated heterocycles. The number of hydrogen-bond donors (Lipinski definition) is 1. The Kier molecular flexibility index (Phi) is 4.06. The SMILES string of the molecule is C[C@@H](NC1CCCCC1(C)C)c1cccc(F)c1. The first-order valence-electron chi connectivity index (χ1n) is 7.00. The van der Waals surface area contributed by atoms with Crippen molar-refractivity contribution in [2.75, 3.05) is 0 Å². The Hall–Kier alpha value is -0.890. The summed E-state index contributed by atoms with van der Waals surface area (Å²) in [7, 11) is 0. The summed E-state index contributed by atoms with van der Waals surface area (Å²) in [6.45, 7) is 6.80. The highest BCUT2D eigenvalue weighted by atomic mass is 19.1. The molecule has 1 aromatic carbocycles. The molecule has 1 unspecified atom stereocenters. The lowest BCUT2D eigenvalue weighted by atomic mass is 9.73. The molecule has 0 aromatic heterocycles. The first-order chi connectivity index (χ1) is 8.49. The van der Waals surface area contributed by atoms with E-state index in [0.29, 0.717) is 11.5 Å². The fourth-order valence-electron chi connectivity index (χ4n) is 2.98. The molecule has 100 valence electrons. The second-order valence-electron chi connectivity index (χ2n) is 6.23. The summed E-state index contributed by atoms with van der Waals surface area (Å²) in [5.41, 5.74) is 1.39. The molecular weight excluding hydrogens is 225 g/mol. The van der Waals surface area contributed by atoms with Crippen LogP contribution in [0.4, 0.5) is 4.39 Å². The minimum Gasteiger partial charge on any atom is -0.307 e. The fraction of sp³-hybridized carbons (Fsp3) is 0.625. The predicted octanol–water partition coefficient (Wildman–Crippen LogP) is 4.45. The predicted molar refractivity (Wildman–Crippen MR) is 74.0 cm³/mol. The lowest BCUT2D eigenvalue weighted by molar-refractivity contribution is 0.157.